The highest BCUT2D eigenvalue weighted by Gasteiger charge is 2.48. The average molecular weight is 542 g/mol. The van der Waals surface area contributed by atoms with Crippen LogP contribution in [0.25, 0.3) is 33.4 Å². The largest absolute Gasteiger partial charge is 0.469 e. The molecule has 2 aliphatic rings. The predicted octanol–water partition coefficient (Wildman–Crippen LogP) is 5.23. The molecule has 0 aliphatic carbocycles. The number of aryl methyl sites for hydroxylation is 1. The summed E-state index contributed by atoms with van der Waals surface area (Å²) in [4.78, 5) is 4.90. The van der Waals surface area contributed by atoms with E-state index in [1.807, 2.05) is 48.0 Å². The van der Waals surface area contributed by atoms with Crippen molar-refractivity contribution in [3.63, 3.8) is 0 Å². The van der Waals surface area contributed by atoms with E-state index in [0.717, 1.165) is 32.2 Å². The standard InChI is InChI=1S/C26H22BrClN2O4/c1-30-18-11-17(28)22(16-9-7-15(8-10-16)14-5-3-2-4-6-14)29-23(18)21(27)26(30)34-20-13-33-24-19(31)12-32-25(20)24/h2-11,19-20,24-25,31H,12-13H2,1H3/t19?,20?,24-,25-/m1/s1. The van der Waals surface area contributed by atoms with Gasteiger partial charge in [0.15, 0.2) is 6.10 Å². The van der Waals surface area contributed by atoms with E-state index in [2.05, 4.69) is 40.2 Å². The molecule has 2 fully saturated rings. The molecule has 0 bridgehead atoms. The van der Waals surface area contributed by atoms with Crippen LogP contribution in [0.3, 0.4) is 0 Å². The molecule has 2 aliphatic heterocycles. The van der Waals surface area contributed by atoms with Crippen LogP contribution in [0, 0.1) is 0 Å². The maximum absolute atomic E-state index is 10.0. The third-order valence-corrected chi connectivity index (χ3v) is 7.53. The lowest BCUT2D eigenvalue weighted by molar-refractivity contribution is 0.00716. The Kier molecular flexibility index (Phi) is 5.62. The summed E-state index contributed by atoms with van der Waals surface area (Å²) in [6, 6.07) is 20.4. The van der Waals surface area contributed by atoms with Gasteiger partial charge in [0.25, 0.3) is 0 Å². The Morgan fingerprint density at radius 3 is 2.44 bits per heavy atom. The van der Waals surface area contributed by atoms with Gasteiger partial charge in [-0.2, -0.15) is 0 Å². The van der Waals surface area contributed by atoms with Crippen molar-refractivity contribution in [2.75, 3.05) is 13.2 Å². The summed E-state index contributed by atoms with van der Waals surface area (Å²) >= 11 is 10.4. The summed E-state index contributed by atoms with van der Waals surface area (Å²) in [5.74, 6) is 0.620. The quantitative estimate of drug-likeness (QED) is 0.383. The van der Waals surface area contributed by atoms with E-state index in [1.54, 1.807) is 0 Å². The van der Waals surface area contributed by atoms with Crippen LogP contribution in [-0.2, 0) is 16.5 Å². The lowest BCUT2D eigenvalue weighted by Gasteiger charge is -2.18. The molecule has 0 spiro atoms. The number of benzene rings is 2. The maximum atomic E-state index is 10.0. The number of halogens is 2. The second-order valence-electron chi connectivity index (χ2n) is 8.63. The van der Waals surface area contributed by atoms with Crippen LogP contribution in [0.4, 0.5) is 0 Å². The molecule has 174 valence electrons. The van der Waals surface area contributed by atoms with E-state index in [4.69, 9.17) is 30.8 Å². The van der Waals surface area contributed by atoms with Gasteiger partial charge in [0, 0.05) is 12.6 Å². The minimum Gasteiger partial charge on any atom is -0.469 e. The van der Waals surface area contributed by atoms with Crippen molar-refractivity contribution >= 4 is 38.6 Å². The fourth-order valence-electron chi connectivity index (χ4n) is 4.73. The first-order valence-corrected chi connectivity index (χ1v) is 12.3. The minimum absolute atomic E-state index is 0.259. The summed E-state index contributed by atoms with van der Waals surface area (Å²) in [5, 5.41) is 10.6. The predicted molar refractivity (Wildman–Crippen MR) is 134 cm³/mol. The topological polar surface area (TPSA) is 65.7 Å². The summed E-state index contributed by atoms with van der Waals surface area (Å²) in [6.45, 7) is 0.614. The highest BCUT2D eigenvalue weighted by molar-refractivity contribution is 9.10. The third-order valence-electron chi connectivity index (χ3n) is 6.53. The van der Waals surface area contributed by atoms with Gasteiger partial charge in [-0.05, 0) is 33.1 Å². The van der Waals surface area contributed by atoms with E-state index in [9.17, 15) is 5.11 Å². The first kappa shape index (κ1) is 22.1. The van der Waals surface area contributed by atoms with E-state index in [1.165, 1.54) is 0 Å². The Labute approximate surface area is 210 Å². The zero-order chi connectivity index (χ0) is 23.4. The van der Waals surface area contributed by atoms with Crippen LogP contribution in [0.5, 0.6) is 5.88 Å². The molecule has 2 unspecified atom stereocenters. The van der Waals surface area contributed by atoms with Gasteiger partial charge in [0.2, 0.25) is 5.88 Å². The van der Waals surface area contributed by atoms with Crippen molar-refractivity contribution < 1.29 is 19.3 Å². The number of nitrogens with zero attached hydrogens (tertiary/aromatic N) is 2. The number of aliphatic hydroxyl groups excluding tert-OH is 1. The van der Waals surface area contributed by atoms with Gasteiger partial charge in [-0.25, -0.2) is 4.98 Å². The second-order valence-corrected chi connectivity index (χ2v) is 9.83. The maximum Gasteiger partial charge on any atom is 0.211 e. The minimum atomic E-state index is -0.620. The number of aromatic nitrogens is 2. The smallest absolute Gasteiger partial charge is 0.211 e. The number of hydrogen-bond acceptors (Lipinski definition) is 5. The first-order chi connectivity index (χ1) is 16.5. The van der Waals surface area contributed by atoms with Crippen LogP contribution in [0.1, 0.15) is 0 Å². The number of ether oxygens (including phenoxy) is 3. The van der Waals surface area contributed by atoms with Crippen molar-refractivity contribution in [3.05, 3.63) is 70.2 Å². The fourth-order valence-corrected chi connectivity index (χ4v) is 5.63. The fraction of sp³-hybridized carbons (Fsp3) is 0.269. The van der Waals surface area contributed by atoms with Gasteiger partial charge in [0.05, 0.1) is 29.4 Å². The highest BCUT2D eigenvalue weighted by atomic mass is 79.9. The van der Waals surface area contributed by atoms with Gasteiger partial charge in [0.1, 0.15) is 28.3 Å². The molecular weight excluding hydrogens is 520 g/mol. The van der Waals surface area contributed by atoms with Crippen molar-refractivity contribution in [2.24, 2.45) is 7.05 Å². The van der Waals surface area contributed by atoms with Crippen molar-refractivity contribution in [1.82, 2.24) is 9.55 Å². The molecule has 2 aromatic carbocycles. The molecule has 0 radical (unpaired) electrons. The highest BCUT2D eigenvalue weighted by Crippen LogP contribution is 2.41. The third kappa shape index (κ3) is 3.63. The second kappa shape index (κ2) is 8.66. The zero-order valence-corrected chi connectivity index (χ0v) is 20.7. The lowest BCUT2D eigenvalue weighted by Crippen LogP contribution is -2.35. The van der Waals surface area contributed by atoms with E-state index < -0.39 is 6.10 Å². The van der Waals surface area contributed by atoms with Crippen LogP contribution < -0.4 is 4.74 Å². The van der Waals surface area contributed by atoms with Crippen LogP contribution in [0.15, 0.2) is 65.1 Å². The average Bonchev–Trinajstić information content (AvgIpc) is 3.50. The number of fused-ring (bicyclic) bond motifs is 2. The van der Waals surface area contributed by atoms with E-state index >= 15 is 0 Å². The number of hydrogen-bond donors (Lipinski definition) is 1. The van der Waals surface area contributed by atoms with E-state index in [0.29, 0.717) is 23.2 Å². The normalized spacial score (nSPS) is 24.0. The van der Waals surface area contributed by atoms with Crippen LogP contribution in [-0.4, -0.2) is 52.3 Å². The van der Waals surface area contributed by atoms with Crippen LogP contribution >= 0.6 is 27.5 Å². The molecule has 34 heavy (non-hydrogen) atoms. The molecule has 6 rings (SSSR count). The van der Waals surface area contributed by atoms with Crippen molar-refractivity contribution in [1.29, 1.82) is 0 Å². The van der Waals surface area contributed by atoms with Crippen LogP contribution in [0.2, 0.25) is 5.02 Å². The van der Waals surface area contributed by atoms with Gasteiger partial charge in [-0.1, -0.05) is 66.2 Å². The van der Waals surface area contributed by atoms with Gasteiger partial charge >= 0.3 is 0 Å². The monoisotopic (exact) mass is 540 g/mol. The molecule has 8 heteroatoms. The Morgan fingerprint density at radius 2 is 1.68 bits per heavy atom. The Bertz CT molecular complexity index is 1360. The SMILES string of the molecule is Cn1c(OC2CO[C@@H]3C(O)CO[C@H]23)c(Br)c2nc(-c3ccc(-c4ccccc4)cc3)c(Cl)cc21. The summed E-state index contributed by atoms with van der Waals surface area (Å²) in [5.41, 5.74) is 5.54. The molecule has 2 saturated heterocycles. The first-order valence-electron chi connectivity index (χ1n) is 11.1. The lowest BCUT2D eigenvalue weighted by atomic mass is 10.0. The Balaban J connectivity index is 1.34. The molecule has 2 aromatic heterocycles. The van der Waals surface area contributed by atoms with Gasteiger partial charge < -0.3 is 23.9 Å². The van der Waals surface area contributed by atoms with Gasteiger partial charge in [-0.3, -0.25) is 0 Å². The zero-order valence-electron chi connectivity index (χ0n) is 18.3. The molecule has 4 aromatic rings. The molecule has 0 amide bonds. The number of aliphatic hydroxyl groups is 1. The molecule has 4 atom stereocenters. The van der Waals surface area contributed by atoms with Crippen molar-refractivity contribution in [2.45, 2.75) is 24.4 Å². The molecule has 6 nitrogen and oxygen atoms in total. The van der Waals surface area contributed by atoms with Gasteiger partial charge in [-0.15, -0.1) is 0 Å². The van der Waals surface area contributed by atoms with Crippen molar-refractivity contribution in [3.8, 4) is 28.3 Å². The summed E-state index contributed by atoms with van der Waals surface area (Å²) < 4.78 is 20.4. The Morgan fingerprint density at radius 1 is 1.00 bits per heavy atom. The molecule has 1 N–H and O–H groups in total. The summed E-state index contributed by atoms with van der Waals surface area (Å²) in [7, 11) is 1.91. The number of rotatable bonds is 4. The molecule has 0 saturated carbocycles. The van der Waals surface area contributed by atoms with E-state index in [-0.39, 0.29) is 24.9 Å². The molecule has 4 heterocycles. The number of pyridine rings is 1. The Hall–Kier alpha value is -2.42. The summed E-state index contributed by atoms with van der Waals surface area (Å²) in [6.07, 6.45) is -1.58. The molecular formula is C26H22BrClN2O4.